The number of hydrogen-bond acceptors (Lipinski definition) is 9. The molecule has 0 unspecified atom stereocenters. The van der Waals surface area contributed by atoms with Gasteiger partial charge in [-0.3, -0.25) is 0 Å². The Morgan fingerprint density at radius 1 is 1.00 bits per heavy atom. The Labute approximate surface area is 169 Å². The molecule has 0 saturated carbocycles. The Kier molecular flexibility index (Phi) is 5.01. The van der Waals surface area contributed by atoms with Crippen molar-refractivity contribution in [3.05, 3.63) is 23.1 Å². The van der Waals surface area contributed by atoms with Crippen LogP contribution in [0.4, 0.5) is 17.7 Å². The van der Waals surface area contributed by atoms with Crippen molar-refractivity contribution >= 4 is 39.3 Å². The lowest BCUT2D eigenvalue weighted by atomic mass is 10.2. The maximum atomic E-state index is 4.72. The summed E-state index contributed by atoms with van der Waals surface area (Å²) in [5, 5.41) is 1.15. The third-order valence-corrected chi connectivity index (χ3v) is 5.80. The molecule has 1 fully saturated rings. The predicted molar refractivity (Wildman–Crippen MR) is 115 cm³/mol. The highest BCUT2D eigenvalue weighted by Crippen LogP contribution is 2.30. The molecule has 0 bridgehead atoms. The van der Waals surface area contributed by atoms with E-state index in [1.54, 1.807) is 17.7 Å². The molecular formula is C19H26N8S. The van der Waals surface area contributed by atoms with Crippen LogP contribution in [0.5, 0.6) is 0 Å². The topological polar surface area (TPSA) is 74.2 Å². The minimum absolute atomic E-state index is 0.262. The fourth-order valence-electron chi connectivity index (χ4n) is 3.30. The van der Waals surface area contributed by atoms with Crippen molar-refractivity contribution in [3.8, 4) is 0 Å². The number of aromatic nitrogens is 5. The molecule has 0 amide bonds. The summed E-state index contributed by atoms with van der Waals surface area (Å²) < 4.78 is 0. The zero-order valence-electron chi connectivity index (χ0n) is 17.0. The molecule has 1 saturated heterocycles. The van der Waals surface area contributed by atoms with Crippen LogP contribution < -0.4 is 14.7 Å². The van der Waals surface area contributed by atoms with Gasteiger partial charge in [-0.1, -0.05) is 13.8 Å². The van der Waals surface area contributed by atoms with E-state index in [1.165, 1.54) is 4.88 Å². The Bertz CT molecular complexity index is 949. The van der Waals surface area contributed by atoms with Crippen molar-refractivity contribution in [1.29, 1.82) is 0 Å². The van der Waals surface area contributed by atoms with Crippen LogP contribution in [0.2, 0.25) is 0 Å². The fraction of sp³-hybridized carbons (Fsp3) is 0.526. The molecule has 1 aliphatic rings. The lowest BCUT2D eigenvalue weighted by molar-refractivity contribution is 0.627. The van der Waals surface area contributed by atoms with E-state index < -0.39 is 0 Å². The molecule has 8 nitrogen and oxygen atoms in total. The first-order valence-corrected chi connectivity index (χ1v) is 10.4. The van der Waals surface area contributed by atoms with Crippen LogP contribution in [0.15, 0.2) is 12.4 Å². The summed E-state index contributed by atoms with van der Waals surface area (Å²) in [4.78, 5) is 31.8. The summed E-state index contributed by atoms with van der Waals surface area (Å²) >= 11 is 1.72. The highest BCUT2D eigenvalue weighted by Gasteiger charge is 2.23. The van der Waals surface area contributed by atoms with Gasteiger partial charge in [-0.2, -0.15) is 15.0 Å². The monoisotopic (exact) mass is 398 g/mol. The van der Waals surface area contributed by atoms with Gasteiger partial charge in [-0.25, -0.2) is 9.97 Å². The van der Waals surface area contributed by atoms with Crippen molar-refractivity contribution in [2.24, 2.45) is 0 Å². The lowest BCUT2D eigenvalue weighted by Crippen LogP contribution is -2.47. The summed E-state index contributed by atoms with van der Waals surface area (Å²) in [7, 11) is 3.93. The molecule has 0 N–H and O–H groups in total. The van der Waals surface area contributed by atoms with Crippen LogP contribution in [0.3, 0.4) is 0 Å². The number of piperazine rings is 1. The van der Waals surface area contributed by atoms with Gasteiger partial charge >= 0.3 is 0 Å². The normalized spacial score (nSPS) is 14.9. The van der Waals surface area contributed by atoms with E-state index in [-0.39, 0.29) is 5.92 Å². The van der Waals surface area contributed by atoms with Gasteiger partial charge in [0, 0.05) is 51.1 Å². The van der Waals surface area contributed by atoms with Crippen molar-refractivity contribution < 1.29 is 0 Å². The van der Waals surface area contributed by atoms with Crippen molar-refractivity contribution in [3.63, 3.8) is 0 Å². The first-order chi connectivity index (χ1) is 13.4. The Morgan fingerprint density at radius 3 is 2.39 bits per heavy atom. The second-order valence-electron chi connectivity index (χ2n) is 7.59. The molecule has 3 aromatic rings. The van der Waals surface area contributed by atoms with Gasteiger partial charge in [0.05, 0.1) is 5.39 Å². The number of thiophene rings is 1. The smallest absolute Gasteiger partial charge is 0.230 e. The number of rotatable bonds is 4. The van der Waals surface area contributed by atoms with Crippen LogP contribution in [-0.4, -0.2) is 65.2 Å². The summed E-state index contributed by atoms with van der Waals surface area (Å²) in [6.07, 6.45) is 1.67. The second kappa shape index (κ2) is 7.46. The molecule has 0 spiro atoms. The van der Waals surface area contributed by atoms with Gasteiger partial charge in [-0.05, 0) is 13.0 Å². The van der Waals surface area contributed by atoms with E-state index in [4.69, 9.17) is 4.98 Å². The summed E-state index contributed by atoms with van der Waals surface area (Å²) in [6, 6.07) is 2.19. The maximum Gasteiger partial charge on any atom is 0.230 e. The van der Waals surface area contributed by atoms with Crippen molar-refractivity contribution in [2.75, 3.05) is 55.0 Å². The third-order valence-electron chi connectivity index (χ3n) is 4.84. The van der Waals surface area contributed by atoms with Gasteiger partial charge in [0.25, 0.3) is 0 Å². The minimum atomic E-state index is 0.262. The second-order valence-corrected chi connectivity index (χ2v) is 8.82. The Balaban J connectivity index is 1.55. The molecule has 0 atom stereocenters. The molecule has 1 aliphatic heterocycles. The summed E-state index contributed by atoms with van der Waals surface area (Å²) in [5.41, 5.74) is 0. The molecular weight excluding hydrogens is 372 g/mol. The molecule has 0 aromatic carbocycles. The molecule has 148 valence electrons. The molecule has 0 radical (unpaired) electrons. The quantitative estimate of drug-likeness (QED) is 0.664. The number of nitrogens with zero attached hydrogens (tertiary/aromatic N) is 8. The number of anilines is 3. The zero-order valence-corrected chi connectivity index (χ0v) is 17.9. The molecule has 0 aliphatic carbocycles. The first kappa shape index (κ1) is 18.8. The summed E-state index contributed by atoms with van der Waals surface area (Å²) in [6.45, 7) is 9.79. The van der Waals surface area contributed by atoms with Gasteiger partial charge in [0.2, 0.25) is 11.9 Å². The standard InChI is InChI=1S/C19H26N8S/c1-12(2)15-22-18(25(4)5)24-19(23-15)27-8-6-26(7-9-27)16-14-10-13(3)28-17(14)21-11-20-16/h10-12H,6-9H2,1-5H3. The van der Waals surface area contributed by atoms with E-state index in [0.29, 0.717) is 5.95 Å². The Morgan fingerprint density at radius 2 is 1.71 bits per heavy atom. The van der Waals surface area contributed by atoms with Crippen LogP contribution in [0.1, 0.15) is 30.5 Å². The van der Waals surface area contributed by atoms with Crippen molar-refractivity contribution in [1.82, 2.24) is 24.9 Å². The van der Waals surface area contributed by atoms with Gasteiger partial charge < -0.3 is 14.7 Å². The van der Waals surface area contributed by atoms with Gasteiger partial charge in [0.15, 0.2) is 0 Å². The fourth-order valence-corrected chi connectivity index (χ4v) is 4.14. The zero-order chi connectivity index (χ0) is 19.8. The molecule has 4 rings (SSSR count). The molecule has 4 heterocycles. The van der Waals surface area contributed by atoms with E-state index in [9.17, 15) is 0 Å². The average molecular weight is 399 g/mol. The number of aryl methyl sites for hydroxylation is 1. The van der Waals surface area contributed by atoms with Gasteiger partial charge in [-0.15, -0.1) is 11.3 Å². The largest absolute Gasteiger partial charge is 0.352 e. The highest BCUT2D eigenvalue weighted by atomic mass is 32.1. The number of hydrogen-bond donors (Lipinski definition) is 0. The maximum absolute atomic E-state index is 4.72. The molecule has 9 heteroatoms. The average Bonchev–Trinajstić information content (AvgIpc) is 3.08. The van der Waals surface area contributed by atoms with E-state index in [0.717, 1.165) is 54.0 Å². The van der Waals surface area contributed by atoms with E-state index in [2.05, 4.69) is 56.6 Å². The van der Waals surface area contributed by atoms with Crippen LogP contribution in [0.25, 0.3) is 10.2 Å². The summed E-state index contributed by atoms with van der Waals surface area (Å²) in [5.74, 6) is 3.60. The third kappa shape index (κ3) is 3.58. The van der Waals surface area contributed by atoms with E-state index in [1.807, 2.05) is 19.0 Å². The van der Waals surface area contributed by atoms with Crippen LogP contribution in [-0.2, 0) is 0 Å². The van der Waals surface area contributed by atoms with Crippen molar-refractivity contribution in [2.45, 2.75) is 26.7 Å². The lowest BCUT2D eigenvalue weighted by Gasteiger charge is -2.35. The Hall–Kier alpha value is -2.55. The highest BCUT2D eigenvalue weighted by molar-refractivity contribution is 7.18. The van der Waals surface area contributed by atoms with E-state index >= 15 is 0 Å². The predicted octanol–water partition coefficient (Wildman–Crippen LogP) is 2.70. The molecule has 28 heavy (non-hydrogen) atoms. The minimum Gasteiger partial charge on any atom is -0.352 e. The van der Waals surface area contributed by atoms with Crippen LogP contribution in [0, 0.1) is 6.92 Å². The van der Waals surface area contributed by atoms with Crippen LogP contribution >= 0.6 is 11.3 Å². The number of fused-ring (bicyclic) bond motifs is 1. The SMILES string of the molecule is Cc1cc2c(N3CCN(c4nc(C(C)C)nc(N(C)C)n4)CC3)ncnc2s1. The molecule has 3 aromatic heterocycles. The van der Waals surface area contributed by atoms with Gasteiger partial charge in [0.1, 0.15) is 22.8 Å². The first-order valence-electron chi connectivity index (χ1n) is 9.56.